The first-order valence-corrected chi connectivity index (χ1v) is 5.99. The summed E-state index contributed by atoms with van der Waals surface area (Å²) in [5.74, 6) is 0. The third-order valence-electron chi connectivity index (χ3n) is 2.85. The third kappa shape index (κ3) is 2.56. The Morgan fingerprint density at radius 3 is 2.53 bits per heavy atom. The molecule has 0 radical (unpaired) electrons. The maximum absolute atomic E-state index is 12.9. The Bertz CT molecular complexity index is 326. The van der Waals surface area contributed by atoms with Crippen molar-refractivity contribution in [1.29, 1.82) is 0 Å². The van der Waals surface area contributed by atoms with E-state index in [1.807, 2.05) is 0 Å². The first-order valence-electron chi connectivity index (χ1n) is 5.20. The zero-order valence-electron chi connectivity index (χ0n) is 8.30. The van der Waals surface area contributed by atoms with Gasteiger partial charge >= 0.3 is 4.83 Å². The Morgan fingerprint density at radius 1 is 1.33 bits per heavy atom. The van der Waals surface area contributed by atoms with Gasteiger partial charge in [-0.05, 0) is 34.8 Å². The quantitative estimate of drug-likeness (QED) is 0.752. The molecule has 15 heavy (non-hydrogen) atoms. The summed E-state index contributed by atoms with van der Waals surface area (Å²) in [5, 5.41) is 3.92. The van der Waals surface area contributed by atoms with E-state index in [1.54, 1.807) is 10.9 Å². The second kappa shape index (κ2) is 4.20. The Labute approximate surface area is 95.8 Å². The van der Waals surface area contributed by atoms with E-state index < -0.39 is 4.83 Å². The van der Waals surface area contributed by atoms with Gasteiger partial charge in [0.25, 0.3) is 0 Å². The highest BCUT2D eigenvalue weighted by atomic mass is 79.9. The highest BCUT2D eigenvalue weighted by Crippen LogP contribution is 2.34. The Morgan fingerprint density at radius 2 is 2.00 bits per heavy atom. The van der Waals surface area contributed by atoms with Gasteiger partial charge < -0.3 is 0 Å². The fourth-order valence-electron chi connectivity index (χ4n) is 2.04. The number of halogens is 3. The number of alkyl halides is 3. The number of aromatic nitrogens is 2. The number of hydrogen-bond donors (Lipinski definition) is 0. The smallest absolute Gasteiger partial charge is 0.269 e. The molecule has 0 atom stereocenters. The molecule has 2 nitrogen and oxygen atoms in total. The van der Waals surface area contributed by atoms with Crippen LogP contribution < -0.4 is 0 Å². The molecule has 84 valence electrons. The van der Waals surface area contributed by atoms with Crippen LogP contribution in [0.15, 0.2) is 12.3 Å². The van der Waals surface area contributed by atoms with Crippen molar-refractivity contribution in [2.45, 2.75) is 43.0 Å². The lowest BCUT2D eigenvalue weighted by Gasteiger charge is -2.21. The van der Waals surface area contributed by atoms with Gasteiger partial charge in [0.1, 0.15) is 5.69 Å². The predicted octanol–water partition coefficient (Wildman–Crippen LogP) is 3.83. The summed E-state index contributed by atoms with van der Waals surface area (Å²) in [6.45, 7) is 0. The molecule has 1 heterocycles. The molecule has 5 heteroatoms. The van der Waals surface area contributed by atoms with Gasteiger partial charge in [0, 0.05) is 6.20 Å². The van der Waals surface area contributed by atoms with Crippen LogP contribution in [0.1, 0.15) is 43.8 Å². The van der Waals surface area contributed by atoms with Crippen LogP contribution >= 0.6 is 15.9 Å². The average molecular weight is 279 g/mol. The van der Waals surface area contributed by atoms with E-state index in [4.69, 9.17) is 0 Å². The van der Waals surface area contributed by atoms with E-state index in [0.717, 1.165) is 12.8 Å². The van der Waals surface area contributed by atoms with Crippen LogP contribution in [0, 0.1) is 0 Å². The summed E-state index contributed by atoms with van der Waals surface area (Å²) in [6.07, 6.45) is 7.35. The van der Waals surface area contributed by atoms with Crippen LogP contribution in [0.4, 0.5) is 8.78 Å². The van der Waals surface area contributed by atoms with Crippen LogP contribution in [0.2, 0.25) is 0 Å². The molecule has 1 aliphatic carbocycles. The molecule has 2 rings (SSSR count). The molecule has 1 aromatic heterocycles. The topological polar surface area (TPSA) is 17.8 Å². The van der Waals surface area contributed by atoms with Crippen molar-refractivity contribution < 1.29 is 8.78 Å². The Balaban J connectivity index is 2.12. The van der Waals surface area contributed by atoms with Gasteiger partial charge in [0.05, 0.1) is 6.04 Å². The largest absolute Gasteiger partial charge is 0.344 e. The molecule has 0 unspecified atom stereocenters. The van der Waals surface area contributed by atoms with Crippen molar-refractivity contribution in [2.24, 2.45) is 0 Å². The summed E-state index contributed by atoms with van der Waals surface area (Å²) < 4.78 is 27.4. The number of nitrogens with zero attached hydrogens (tertiary/aromatic N) is 2. The predicted molar refractivity (Wildman–Crippen MR) is 57.2 cm³/mol. The van der Waals surface area contributed by atoms with Crippen molar-refractivity contribution in [2.75, 3.05) is 0 Å². The summed E-state index contributed by atoms with van der Waals surface area (Å²) in [6, 6.07) is 1.69. The Kier molecular flexibility index (Phi) is 3.09. The SMILES string of the molecule is FC(F)(Br)c1ccn(C2CCCCC2)n1. The normalized spacial score (nSPS) is 19.4. The minimum atomic E-state index is -3.01. The van der Waals surface area contributed by atoms with Crippen LogP contribution in [0.5, 0.6) is 0 Å². The molecular formula is C10H13BrF2N2. The molecule has 0 spiro atoms. The van der Waals surface area contributed by atoms with E-state index >= 15 is 0 Å². The fourth-order valence-corrected chi connectivity index (χ4v) is 2.25. The van der Waals surface area contributed by atoms with Crippen molar-refractivity contribution in [1.82, 2.24) is 9.78 Å². The van der Waals surface area contributed by atoms with Crippen LogP contribution in [-0.2, 0) is 4.83 Å². The van der Waals surface area contributed by atoms with Gasteiger partial charge in [0.2, 0.25) is 0 Å². The van der Waals surface area contributed by atoms with Gasteiger partial charge in [0.15, 0.2) is 0 Å². The third-order valence-corrected chi connectivity index (χ3v) is 3.25. The van der Waals surface area contributed by atoms with E-state index in [-0.39, 0.29) is 5.69 Å². The highest BCUT2D eigenvalue weighted by molar-refractivity contribution is 9.09. The maximum Gasteiger partial charge on any atom is 0.344 e. The molecule has 0 bridgehead atoms. The molecule has 0 saturated heterocycles. The standard InChI is InChI=1S/C10H13BrF2N2/c11-10(12,13)9-6-7-15(14-9)8-4-2-1-3-5-8/h6-8H,1-5H2. The van der Waals surface area contributed by atoms with Gasteiger partial charge in [-0.1, -0.05) is 19.3 Å². The van der Waals surface area contributed by atoms with Crippen LogP contribution in [0.25, 0.3) is 0 Å². The minimum Gasteiger partial charge on any atom is -0.269 e. The number of hydrogen-bond acceptors (Lipinski definition) is 1. The molecule has 0 amide bonds. The van der Waals surface area contributed by atoms with E-state index in [2.05, 4.69) is 21.0 Å². The van der Waals surface area contributed by atoms with Gasteiger partial charge in [-0.25, -0.2) is 0 Å². The van der Waals surface area contributed by atoms with E-state index in [0.29, 0.717) is 6.04 Å². The van der Waals surface area contributed by atoms with Crippen LogP contribution in [0.3, 0.4) is 0 Å². The molecule has 0 N–H and O–H groups in total. The molecule has 1 aliphatic rings. The van der Waals surface area contributed by atoms with Crippen molar-refractivity contribution in [3.05, 3.63) is 18.0 Å². The molecule has 0 aromatic carbocycles. The van der Waals surface area contributed by atoms with E-state index in [1.165, 1.54) is 25.3 Å². The number of rotatable bonds is 2. The monoisotopic (exact) mass is 278 g/mol. The summed E-state index contributed by atoms with van der Waals surface area (Å²) in [4.78, 5) is -3.01. The summed E-state index contributed by atoms with van der Waals surface area (Å²) in [5.41, 5.74) is -0.201. The summed E-state index contributed by atoms with van der Waals surface area (Å²) in [7, 11) is 0. The average Bonchev–Trinajstić information content (AvgIpc) is 2.67. The first-order chi connectivity index (χ1) is 7.07. The minimum absolute atomic E-state index is 0.201. The van der Waals surface area contributed by atoms with E-state index in [9.17, 15) is 8.78 Å². The lowest BCUT2D eigenvalue weighted by molar-refractivity contribution is 0.107. The lowest BCUT2D eigenvalue weighted by atomic mass is 9.96. The zero-order valence-corrected chi connectivity index (χ0v) is 9.88. The van der Waals surface area contributed by atoms with Gasteiger partial charge in [-0.2, -0.15) is 13.9 Å². The molecule has 1 saturated carbocycles. The zero-order chi connectivity index (χ0) is 10.9. The first kappa shape index (κ1) is 11.0. The second-order valence-corrected chi connectivity index (χ2v) is 4.97. The molecular weight excluding hydrogens is 266 g/mol. The lowest BCUT2D eigenvalue weighted by Crippen LogP contribution is -2.14. The second-order valence-electron chi connectivity index (χ2n) is 3.97. The molecule has 1 aromatic rings. The summed E-state index contributed by atoms with van der Waals surface area (Å²) >= 11 is 2.31. The van der Waals surface area contributed by atoms with Gasteiger partial charge in [-0.3, -0.25) is 4.68 Å². The Hall–Kier alpha value is -0.450. The molecule has 1 fully saturated rings. The maximum atomic E-state index is 12.9. The highest BCUT2D eigenvalue weighted by Gasteiger charge is 2.30. The molecule has 0 aliphatic heterocycles. The van der Waals surface area contributed by atoms with Crippen molar-refractivity contribution >= 4 is 15.9 Å². The van der Waals surface area contributed by atoms with Crippen molar-refractivity contribution in [3.63, 3.8) is 0 Å². The van der Waals surface area contributed by atoms with Crippen LogP contribution in [-0.4, -0.2) is 9.78 Å². The van der Waals surface area contributed by atoms with Crippen molar-refractivity contribution in [3.8, 4) is 0 Å². The van der Waals surface area contributed by atoms with Gasteiger partial charge in [-0.15, -0.1) is 0 Å². The fraction of sp³-hybridized carbons (Fsp3) is 0.700.